The smallest absolute Gasteiger partial charge is 0.550 e. The van der Waals surface area contributed by atoms with Crippen molar-refractivity contribution >= 4 is 5.97 Å². The van der Waals surface area contributed by atoms with E-state index in [1.807, 2.05) is 36.4 Å². The zero-order chi connectivity index (χ0) is 9.23. The Balaban J connectivity index is 0. The van der Waals surface area contributed by atoms with Crippen LogP contribution < -0.4 is 34.7 Å². The Morgan fingerprint density at radius 3 is 1.46 bits per heavy atom. The summed E-state index contributed by atoms with van der Waals surface area (Å²) >= 11 is 0. The van der Waals surface area contributed by atoms with Crippen molar-refractivity contribution in [1.29, 1.82) is 0 Å². The topological polar surface area (TPSA) is 40.1 Å². The van der Waals surface area contributed by atoms with Gasteiger partial charge in [0, 0.05) is 5.97 Å². The van der Waals surface area contributed by atoms with Crippen LogP contribution >= 0.6 is 0 Å². The molecule has 0 atom stereocenters. The molecular formula is C10H13NaO2. The van der Waals surface area contributed by atoms with Crippen molar-refractivity contribution in [2.45, 2.75) is 19.8 Å². The molecule has 66 valence electrons. The molecule has 0 radical (unpaired) electrons. The summed E-state index contributed by atoms with van der Waals surface area (Å²) in [6, 6.07) is 12.0. The number of hydrogen-bond acceptors (Lipinski definition) is 2. The average Bonchev–Trinajstić information content (AvgIpc) is 2.08. The van der Waals surface area contributed by atoms with Crippen LogP contribution in [0.5, 0.6) is 0 Å². The van der Waals surface area contributed by atoms with Crippen LogP contribution in [-0.4, -0.2) is 5.97 Å². The van der Waals surface area contributed by atoms with Crippen LogP contribution in [0.15, 0.2) is 36.4 Å². The number of hydrogen-bond donors (Lipinski definition) is 0. The van der Waals surface area contributed by atoms with Crippen LogP contribution in [0.2, 0.25) is 0 Å². The van der Waals surface area contributed by atoms with E-state index < -0.39 is 5.97 Å². The fraction of sp³-hybridized carbons (Fsp3) is 0.300. The predicted molar refractivity (Wildman–Crippen MR) is 46.4 cm³/mol. The van der Waals surface area contributed by atoms with Gasteiger partial charge in [0.15, 0.2) is 0 Å². The minimum Gasteiger partial charge on any atom is -0.550 e. The van der Waals surface area contributed by atoms with Gasteiger partial charge in [-0.25, -0.2) is 0 Å². The maximum Gasteiger partial charge on any atom is 1.00 e. The average molecular weight is 188 g/mol. The molecule has 13 heavy (non-hydrogen) atoms. The molecule has 0 heterocycles. The van der Waals surface area contributed by atoms with Crippen LogP contribution in [0.3, 0.4) is 0 Å². The minimum atomic E-state index is -0.961. The molecule has 1 rings (SSSR count). The van der Waals surface area contributed by atoms with E-state index >= 15 is 0 Å². The van der Waals surface area contributed by atoms with Gasteiger partial charge in [0.25, 0.3) is 0 Å². The second-order valence-electron chi connectivity index (χ2n) is 2.28. The van der Waals surface area contributed by atoms with Crippen molar-refractivity contribution in [2.75, 3.05) is 0 Å². The Labute approximate surface area is 101 Å². The maximum atomic E-state index is 9.49. The summed E-state index contributed by atoms with van der Waals surface area (Å²) in [7, 11) is 0. The van der Waals surface area contributed by atoms with E-state index in [0.29, 0.717) is 6.42 Å². The van der Waals surface area contributed by atoms with Crippen molar-refractivity contribution in [3.05, 3.63) is 36.4 Å². The summed E-state index contributed by atoms with van der Waals surface area (Å²) in [5, 5.41) is 9.49. The number of rotatable bonds is 2. The van der Waals surface area contributed by atoms with E-state index in [1.165, 1.54) is 0 Å². The monoisotopic (exact) mass is 188 g/mol. The summed E-state index contributed by atoms with van der Waals surface area (Å²) in [6.07, 6.45) is 0.850. The molecule has 0 fully saturated rings. The normalized spacial score (nSPS) is 7.46. The molecule has 3 heteroatoms. The van der Waals surface area contributed by atoms with Crippen LogP contribution in [0, 0.1) is 0 Å². The van der Waals surface area contributed by atoms with Gasteiger partial charge in [-0.1, -0.05) is 49.7 Å². The van der Waals surface area contributed by atoms with Gasteiger partial charge >= 0.3 is 29.6 Å². The van der Waals surface area contributed by atoms with Crippen LogP contribution in [0.1, 0.15) is 19.8 Å². The van der Waals surface area contributed by atoms with Gasteiger partial charge in [0.1, 0.15) is 0 Å². The molecule has 0 N–H and O–H groups in total. The van der Waals surface area contributed by atoms with Gasteiger partial charge < -0.3 is 9.90 Å². The third-order valence-electron chi connectivity index (χ3n) is 1.12. The summed E-state index contributed by atoms with van der Waals surface area (Å²) < 4.78 is 0. The Morgan fingerprint density at radius 1 is 1.08 bits per heavy atom. The van der Waals surface area contributed by atoms with Crippen LogP contribution in [0.25, 0.3) is 0 Å². The fourth-order valence-electron chi connectivity index (χ4n) is 0.589. The summed E-state index contributed by atoms with van der Waals surface area (Å²) in [5.74, 6) is -0.961. The molecule has 0 bridgehead atoms. The van der Waals surface area contributed by atoms with Gasteiger partial charge in [-0.05, 0) is 6.42 Å². The first-order chi connectivity index (χ1) is 5.77. The fourth-order valence-corrected chi connectivity index (χ4v) is 0.589. The quantitative estimate of drug-likeness (QED) is 0.515. The summed E-state index contributed by atoms with van der Waals surface area (Å²) in [5.41, 5.74) is 0. The Morgan fingerprint density at radius 2 is 1.38 bits per heavy atom. The predicted octanol–water partition coefficient (Wildman–Crippen LogP) is -1.77. The number of carbonyl (C=O) groups excluding carboxylic acids is 1. The van der Waals surface area contributed by atoms with Crippen LogP contribution in [0.4, 0.5) is 0 Å². The van der Waals surface area contributed by atoms with Crippen molar-refractivity contribution in [3.63, 3.8) is 0 Å². The standard InChI is InChI=1S/C6H6.C4H8O2.Na/c1-2-4-6-5-3-1;1-2-3-4(5)6;/h1-6H;2-3H2,1H3,(H,5,6);/q;;+1/p-1. The number of carboxylic acid groups (broad SMARTS) is 1. The van der Waals surface area contributed by atoms with E-state index in [4.69, 9.17) is 0 Å². The number of carbonyl (C=O) groups is 1. The molecule has 0 aliphatic rings. The van der Waals surface area contributed by atoms with Crippen molar-refractivity contribution in [3.8, 4) is 0 Å². The first-order valence-electron chi connectivity index (χ1n) is 3.97. The zero-order valence-corrected chi connectivity index (χ0v) is 10.2. The van der Waals surface area contributed by atoms with Crippen molar-refractivity contribution in [1.82, 2.24) is 0 Å². The largest absolute Gasteiger partial charge is 1.00 e. The molecule has 0 saturated carbocycles. The maximum absolute atomic E-state index is 9.49. The van der Waals surface area contributed by atoms with Crippen molar-refractivity contribution < 1.29 is 39.5 Å². The molecule has 0 aromatic heterocycles. The molecule has 0 saturated heterocycles. The third-order valence-corrected chi connectivity index (χ3v) is 1.12. The number of carboxylic acids is 1. The van der Waals surface area contributed by atoms with E-state index in [0.717, 1.165) is 0 Å². The number of benzene rings is 1. The third kappa shape index (κ3) is 14.5. The molecule has 0 spiro atoms. The molecule has 0 aliphatic heterocycles. The molecule has 1 aromatic carbocycles. The molecular weight excluding hydrogens is 175 g/mol. The Bertz CT molecular complexity index is 173. The minimum absolute atomic E-state index is 0. The number of aliphatic carboxylic acids is 1. The second-order valence-corrected chi connectivity index (χ2v) is 2.28. The summed E-state index contributed by atoms with van der Waals surface area (Å²) in [6.45, 7) is 1.80. The first kappa shape index (κ1) is 15.2. The summed E-state index contributed by atoms with van der Waals surface area (Å²) in [4.78, 5) is 9.49. The van der Waals surface area contributed by atoms with Crippen LogP contribution in [-0.2, 0) is 4.79 Å². The van der Waals surface area contributed by atoms with Gasteiger partial charge in [0.2, 0.25) is 0 Å². The van der Waals surface area contributed by atoms with E-state index in [1.54, 1.807) is 6.92 Å². The Hall–Kier alpha value is -0.310. The van der Waals surface area contributed by atoms with E-state index in [9.17, 15) is 9.90 Å². The van der Waals surface area contributed by atoms with E-state index in [2.05, 4.69) is 0 Å². The van der Waals surface area contributed by atoms with Gasteiger partial charge in [-0.15, -0.1) is 0 Å². The molecule has 0 unspecified atom stereocenters. The van der Waals surface area contributed by atoms with Gasteiger partial charge in [-0.2, -0.15) is 0 Å². The molecule has 0 aliphatic carbocycles. The van der Waals surface area contributed by atoms with Crippen molar-refractivity contribution in [2.24, 2.45) is 0 Å². The Kier molecular flexibility index (Phi) is 13.6. The van der Waals surface area contributed by atoms with Gasteiger partial charge in [-0.3, -0.25) is 0 Å². The zero-order valence-electron chi connectivity index (χ0n) is 8.19. The molecule has 0 amide bonds. The van der Waals surface area contributed by atoms with E-state index in [-0.39, 0.29) is 36.0 Å². The second kappa shape index (κ2) is 11.7. The molecule has 1 aromatic rings. The first-order valence-corrected chi connectivity index (χ1v) is 3.97. The SMILES string of the molecule is CCCC(=O)[O-].[Na+].c1ccccc1. The van der Waals surface area contributed by atoms with Gasteiger partial charge in [0.05, 0.1) is 0 Å². The molecule has 2 nitrogen and oxygen atoms in total.